The van der Waals surface area contributed by atoms with Crippen LogP contribution in [0.25, 0.3) is 0 Å². The van der Waals surface area contributed by atoms with Crippen LogP contribution in [0.2, 0.25) is 0 Å². The summed E-state index contributed by atoms with van der Waals surface area (Å²) in [6, 6.07) is 4.01. The van der Waals surface area contributed by atoms with Gasteiger partial charge in [-0.2, -0.15) is 5.26 Å². The summed E-state index contributed by atoms with van der Waals surface area (Å²) in [5, 5.41) is 19.0. The van der Waals surface area contributed by atoms with Gasteiger partial charge in [0.1, 0.15) is 17.2 Å². The van der Waals surface area contributed by atoms with Gasteiger partial charge >= 0.3 is 5.97 Å². The maximum atomic E-state index is 12.6. The first-order valence-corrected chi connectivity index (χ1v) is 9.23. The average molecular weight is 356 g/mol. The zero-order chi connectivity index (χ0) is 18.5. The summed E-state index contributed by atoms with van der Waals surface area (Å²) in [5.74, 6) is -0.549. The average Bonchev–Trinajstić information content (AvgIpc) is 3.16. The molecule has 26 heavy (non-hydrogen) atoms. The molecule has 0 unspecified atom stereocenters. The van der Waals surface area contributed by atoms with Crippen LogP contribution in [0, 0.1) is 28.6 Å². The van der Waals surface area contributed by atoms with Crippen molar-refractivity contribution in [1.29, 1.82) is 5.26 Å². The van der Waals surface area contributed by atoms with E-state index in [1.165, 1.54) is 0 Å². The maximum absolute atomic E-state index is 12.6. The highest BCUT2D eigenvalue weighted by Gasteiger charge is 2.58. The van der Waals surface area contributed by atoms with Crippen molar-refractivity contribution in [2.24, 2.45) is 24.3 Å². The van der Waals surface area contributed by atoms with Gasteiger partial charge in [0, 0.05) is 57.8 Å². The van der Waals surface area contributed by atoms with Crippen molar-refractivity contribution < 1.29 is 14.7 Å². The third-order valence-corrected chi connectivity index (χ3v) is 6.45. The quantitative estimate of drug-likeness (QED) is 0.871. The molecule has 0 bridgehead atoms. The van der Waals surface area contributed by atoms with Gasteiger partial charge in [-0.05, 0) is 24.5 Å². The van der Waals surface area contributed by atoms with Crippen molar-refractivity contribution in [3.05, 3.63) is 23.5 Å². The summed E-state index contributed by atoms with van der Waals surface area (Å²) in [6.07, 6.45) is 4.92. The maximum Gasteiger partial charge on any atom is 0.313 e. The molecule has 3 fully saturated rings. The van der Waals surface area contributed by atoms with Gasteiger partial charge in [-0.15, -0.1) is 0 Å². The van der Waals surface area contributed by atoms with Crippen molar-refractivity contribution in [2.45, 2.75) is 25.8 Å². The minimum atomic E-state index is -0.855. The summed E-state index contributed by atoms with van der Waals surface area (Å²) in [5.41, 5.74) is 0.767. The van der Waals surface area contributed by atoms with Crippen LogP contribution in [0.3, 0.4) is 0 Å². The van der Waals surface area contributed by atoms with Gasteiger partial charge in [-0.3, -0.25) is 14.5 Å². The van der Waals surface area contributed by atoms with Crippen LogP contribution in [-0.2, 0) is 23.2 Å². The molecule has 0 spiro atoms. The normalized spacial score (nSPS) is 28.6. The van der Waals surface area contributed by atoms with Crippen molar-refractivity contribution in [2.75, 3.05) is 26.2 Å². The number of amides is 1. The minimum absolute atomic E-state index is 0.0248. The van der Waals surface area contributed by atoms with E-state index < -0.39 is 11.4 Å². The highest BCUT2D eigenvalue weighted by Crippen LogP contribution is 2.44. The number of hydrogen-bond acceptors (Lipinski definition) is 4. The minimum Gasteiger partial charge on any atom is -0.481 e. The Labute approximate surface area is 152 Å². The van der Waals surface area contributed by atoms with Crippen LogP contribution in [-0.4, -0.2) is 57.5 Å². The van der Waals surface area contributed by atoms with Gasteiger partial charge in [-0.25, -0.2) is 0 Å². The van der Waals surface area contributed by atoms with Gasteiger partial charge in [-0.1, -0.05) is 6.42 Å². The zero-order valence-corrected chi connectivity index (χ0v) is 15.0. The van der Waals surface area contributed by atoms with Gasteiger partial charge in [0.05, 0.1) is 0 Å². The molecular formula is C19H24N4O3. The predicted octanol–water partition coefficient (Wildman–Crippen LogP) is 1.04. The summed E-state index contributed by atoms with van der Waals surface area (Å²) in [7, 11) is 1.84. The fourth-order valence-corrected chi connectivity index (χ4v) is 4.76. The van der Waals surface area contributed by atoms with E-state index in [2.05, 4.69) is 11.0 Å². The molecule has 138 valence electrons. The summed E-state index contributed by atoms with van der Waals surface area (Å²) in [4.78, 5) is 28.6. The van der Waals surface area contributed by atoms with E-state index in [-0.39, 0.29) is 17.7 Å². The number of carboxylic acids is 1. The number of fused-ring (bicyclic) bond motifs is 1. The number of aromatic nitrogens is 1. The second-order valence-electron chi connectivity index (χ2n) is 8.13. The zero-order valence-electron chi connectivity index (χ0n) is 15.0. The lowest BCUT2D eigenvalue weighted by molar-refractivity contribution is -0.149. The van der Waals surface area contributed by atoms with E-state index in [4.69, 9.17) is 5.26 Å². The van der Waals surface area contributed by atoms with Crippen LogP contribution in [0.4, 0.5) is 0 Å². The number of aryl methyl sites for hydroxylation is 1. The number of nitrogens with zero attached hydrogens (tertiary/aromatic N) is 4. The highest BCUT2D eigenvalue weighted by molar-refractivity contribution is 5.83. The number of rotatable bonds is 4. The molecule has 1 aliphatic carbocycles. The standard InChI is InChI=1S/C19H24N4O3/c1-21-7-13(5-16(21)6-20)8-22-9-15-10-23(17(24)14-3-2-4-14)12-19(15,11-22)18(25)26/h5,7,14-15H,2-4,8-12H2,1H3,(H,25,26)/t15-,19-/m0/s1. The Morgan fingerprint density at radius 3 is 2.65 bits per heavy atom. The third-order valence-electron chi connectivity index (χ3n) is 6.45. The summed E-state index contributed by atoms with van der Waals surface area (Å²) in [6.45, 7) is 2.65. The monoisotopic (exact) mass is 356 g/mol. The molecule has 1 aromatic heterocycles. The lowest BCUT2D eigenvalue weighted by Crippen LogP contribution is -2.44. The first-order chi connectivity index (χ1) is 12.4. The highest BCUT2D eigenvalue weighted by atomic mass is 16.4. The van der Waals surface area contributed by atoms with Gasteiger partial charge in [0.15, 0.2) is 0 Å². The fourth-order valence-electron chi connectivity index (χ4n) is 4.76. The second kappa shape index (κ2) is 6.13. The Kier molecular flexibility index (Phi) is 4.03. The summed E-state index contributed by atoms with van der Waals surface area (Å²) >= 11 is 0. The van der Waals surface area contributed by atoms with Gasteiger partial charge in [0.2, 0.25) is 5.91 Å². The van der Waals surface area contributed by atoms with E-state index in [1.54, 1.807) is 9.47 Å². The smallest absolute Gasteiger partial charge is 0.313 e. The van der Waals surface area contributed by atoms with Crippen molar-refractivity contribution in [3.63, 3.8) is 0 Å². The van der Waals surface area contributed by atoms with Crippen LogP contribution in [0.5, 0.6) is 0 Å². The molecule has 7 heteroatoms. The van der Waals surface area contributed by atoms with E-state index in [0.717, 1.165) is 24.8 Å². The second-order valence-corrected chi connectivity index (χ2v) is 8.13. The van der Waals surface area contributed by atoms with E-state index in [0.29, 0.717) is 38.4 Å². The Bertz CT molecular complexity index is 791. The Balaban J connectivity index is 1.47. The number of nitriles is 1. The molecule has 4 rings (SSSR count). The van der Waals surface area contributed by atoms with Gasteiger partial charge < -0.3 is 14.6 Å². The Morgan fingerprint density at radius 2 is 2.12 bits per heavy atom. The number of hydrogen-bond donors (Lipinski definition) is 1. The molecule has 7 nitrogen and oxygen atoms in total. The molecular weight excluding hydrogens is 332 g/mol. The van der Waals surface area contributed by atoms with Crippen LogP contribution < -0.4 is 0 Å². The predicted molar refractivity (Wildman–Crippen MR) is 92.9 cm³/mol. The molecule has 1 saturated carbocycles. The number of likely N-dealkylation sites (tertiary alicyclic amines) is 2. The lowest BCUT2D eigenvalue weighted by Gasteiger charge is -2.31. The van der Waals surface area contributed by atoms with Crippen molar-refractivity contribution in [3.8, 4) is 6.07 Å². The summed E-state index contributed by atoms with van der Waals surface area (Å²) < 4.78 is 1.79. The third kappa shape index (κ3) is 2.60. The van der Waals surface area contributed by atoms with E-state index in [1.807, 2.05) is 19.3 Å². The Morgan fingerprint density at radius 1 is 1.35 bits per heavy atom. The van der Waals surface area contributed by atoms with Crippen molar-refractivity contribution >= 4 is 11.9 Å². The molecule has 0 aromatic carbocycles. The first-order valence-electron chi connectivity index (χ1n) is 9.23. The molecule has 1 amide bonds. The fraction of sp³-hybridized carbons (Fsp3) is 0.632. The number of aliphatic carboxylic acids is 1. The first kappa shape index (κ1) is 17.1. The van der Waals surface area contributed by atoms with Crippen LogP contribution >= 0.6 is 0 Å². The van der Waals surface area contributed by atoms with Gasteiger partial charge in [0.25, 0.3) is 0 Å². The molecule has 3 heterocycles. The largest absolute Gasteiger partial charge is 0.481 e. The topological polar surface area (TPSA) is 89.6 Å². The van der Waals surface area contributed by atoms with E-state index >= 15 is 0 Å². The Hall–Kier alpha value is -2.33. The van der Waals surface area contributed by atoms with Crippen LogP contribution in [0.1, 0.15) is 30.5 Å². The lowest BCUT2D eigenvalue weighted by atomic mass is 9.81. The SMILES string of the molecule is Cn1cc(CN2C[C@H]3CN(C(=O)C4CCC4)C[C@@]3(C(=O)O)C2)cc1C#N. The molecule has 2 aliphatic heterocycles. The number of carbonyl (C=O) groups excluding carboxylic acids is 1. The molecule has 2 saturated heterocycles. The molecule has 1 aromatic rings. The number of carbonyl (C=O) groups is 2. The molecule has 1 N–H and O–H groups in total. The molecule has 3 aliphatic rings. The number of carboxylic acid groups (broad SMARTS) is 1. The molecule has 0 radical (unpaired) electrons. The van der Waals surface area contributed by atoms with Crippen molar-refractivity contribution in [1.82, 2.24) is 14.4 Å². The van der Waals surface area contributed by atoms with E-state index in [9.17, 15) is 14.7 Å². The van der Waals surface area contributed by atoms with Crippen LogP contribution in [0.15, 0.2) is 12.3 Å². The molecule has 2 atom stereocenters.